The first-order chi connectivity index (χ1) is 14.2. The Kier molecular flexibility index (Phi) is 6.77. The van der Waals surface area contributed by atoms with Crippen molar-refractivity contribution in [3.63, 3.8) is 0 Å². The van der Waals surface area contributed by atoms with Crippen molar-refractivity contribution in [2.24, 2.45) is 4.40 Å². The van der Waals surface area contributed by atoms with Gasteiger partial charge in [-0.2, -0.15) is 8.42 Å². The highest BCUT2D eigenvalue weighted by atomic mass is 32.2. The molecule has 1 heterocycles. The molecule has 1 N–H and O–H groups in total. The molecular weight excluding hydrogens is 402 g/mol. The molecule has 0 aromatic heterocycles. The second-order valence-electron chi connectivity index (χ2n) is 7.59. The summed E-state index contributed by atoms with van der Waals surface area (Å²) in [5.41, 5.74) is 1.69. The van der Waals surface area contributed by atoms with E-state index in [-0.39, 0.29) is 17.4 Å². The number of amidine groups is 1. The van der Waals surface area contributed by atoms with Crippen LogP contribution in [0.25, 0.3) is 0 Å². The third kappa shape index (κ3) is 5.60. The van der Waals surface area contributed by atoms with E-state index in [2.05, 4.69) is 23.6 Å². The summed E-state index contributed by atoms with van der Waals surface area (Å²) in [5.74, 6) is 1.30. The maximum Gasteiger partial charge on any atom is 0.283 e. The molecule has 0 atom stereocenters. The van der Waals surface area contributed by atoms with Gasteiger partial charge in [-0.25, -0.2) is 0 Å². The highest BCUT2D eigenvalue weighted by Crippen LogP contribution is 2.20. The van der Waals surface area contributed by atoms with Crippen molar-refractivity contribution >= 4 is 27.5 Å². The molecule has 0 saturated carbocycles. The predicted octanol–water partition coefficient (Wildman–Crippen LogP) is 3.64. The van der Waals surface area contributed by atoms with Crippen molar-refractivity contribution in [3.8, 4) is 5.75 Å². The first kappa shape index (κ1) is 21.8. The first-order valence-electron chi connectivity index (χ1n) is 9.92. The Morgan fingerprint density at radius 2 is 1.80 bits per heavy atom. The lowest BCUT2D eigenvalue weighted by atomic mass is 10.0. The molecule has 1 saturated heterocycles. The van der Waals surface area contributed by atoms with Gasteiger partial charge in [-0.15, -0.1) is 4.40 Å². The highest BCUT2D eigenvalue weighted by Gasteiger charge is 2.20. The smallest absolute Gasteiger partial charge is 0.283 e. The second-order valence-corrected chi connectivity index (χ2v) is 9.20. The van der Waals surface area contributed by atoms with Gasteiger partial charge in [-0.3, -0.25) is 4.79 Å². The maximum atomic E-state index is 12.5. The molecule has 2 aromatic rings. The molecule has 0 spiro atoms. The Labute approximate surface area is 177 Å². The fourth-order valence-corrected chi connectivity index (χ4v) is 4.20. The molecule has 0 aliphatic carbocycles. The molecule has 30 heavy (non-hydrogen) atoms. The lowest BCUT2D eigenvalue weighted by Crippen LogP contribution is -2.20. The van der Waals surface area contributed by atoms with E-state index < -0.39 is 10.0 Å². The lowest BCUT2D eigenvalue weighted by molar-refractivity contribution is -0.118. The number of ether oxygens (including phenoxy) is 1. The molecule has 3 rings (SSSR count). The van der Waals surface area contributed by atoms with E-state index in [1.54, 1.807) is 12.1 Å². The Balaban J connectivity index is 1.56. The molecule has 2 aromatic carbocycles. The van der Waals surface area contributed by atoms with Crippen molar-refractivity contribution in [2.45, 2.75) is 37.5 Å². The van der Waals surface area contributed by atoms with Crippen LogP contribution >= 0.6 is 0 Å². The van der Waals surface area contributed by atoms with Gasteiger partial charge in [0.25, 0.3) is 15.9 Å². The van der Waals surface area contributed by atoms with E-state index in [0.29, 0.717) is 29.6 Å². The minimum atomic E-state index is -3.77. The number of anilines is 1. The summed E-state index contributed by atoms with van der Waals surface area (Å²) in [6.45, 7) is 4.89. The summed E-state index contributed by atoms with van der Waals surface area (Å²) in [6.07, 6.45) is 1.56. The number of carbonyl (C=O) groups excluding carboxylic acids is 1. The molecule has 8 heteroatoms. The summed E-state index contributed by atoms with van der Waals surface area (Å²) in [4.78, 5) is 14.1. The van der Waals surface area contributed by atoms with Crippen LogP contribution in [-0.4, -0.2) is 45.3 Å². The van der Waals surface area contributed by atoms with Gasteiger partial charge in [0.2, 0.25) is 0 Å². The number of carbonyl (C=O) groups is 1. The normalized spacial score (nSPS) is 15.6. The third-order valence-corrected chi connectivity index (χ3v) is 6.23. The Bertz CT molecular complexity index is 1010. The topological polar surface area (TPSA) is 88.1 Å². The van der Waals surface area contributed by atoms with Gasteiger partial charge in [-0.05, 0) is 54.3 Å². The van der Waals surface area contributed by atoms with Gasteiger partial charge >= 0.3 is 0 Å². The quantitative estimate of drug-likeness (QED) is 0.726. The molecule has 7 nitrogen and oxygen atoms in total. The van der Waals surface area contributed by atoms with E-state index in [1.807, 2.05) is 36.2 Å². The predicted molar refractivity (Wildman–Crippen MR) is 118 cm³/mol. The van der Waals surface area contributed by atoms with Crippen LogP contribution in [-0.2, 0) is 14.8 Å². The molecule has 160 valence electrons. The SMILES string of the molecule is CC(C)c1ccc(OCC(=O)Nc2ccc(S(=O)(=O)/N=C3/CCCN3C)cc2)cc1. The number of nitrogens with zero attached hydrogens (tertiary/aromatic N) is 2. The number of benzene rings is 2. The van der Waals surface area contributed by atoms with Crippen LogP contribution in [0.2, 0.25) is 0 Å². The summed E-state index contributed by atoms with van der Waals surface area (Å²) in [5, 5.41) is 2.70. The molecule has 0 unspecified atom stereocenters. The maximum absolute atomic E-state index is 12.5. The van der Waals surface area contributed by atoms with E-state index >= 15 is 0 Å². The van der Waals surface area contributed by atoms with Crippen LogP contribution in [0.15, 0.2) is 57.8 Å². The van der Waals surface area contributed by atoms with E-state index in [1.165, 1.54) is 17.7 Å². The molecule has 1 aliphatic heterocycles. The molecule has 1 aliphatic rings. The average Bonchev–Trinajstić information content (AvgIpc) is 3.11. The Morgan fingerprint density at radius 1 is 1.13 bits per heavy atom. The van der Waals surface area contributed by atoms with Gasteiger partial charge in [-0.1, -0.05) is 26.0 Å². The highest BCUT2D eigenvalue weighted by molar-refractivity contribution is 7.90. The van der Waals surface area contributed by atoms with Crippen LogP contribution in [0.1, 0.15) is 38.2 Å². The van der Waals surface area contributed by atoms with Crippen molar-refractivity contribution in [3.05, 3.63) is 54.1 Å². The summed E-state index contributed by atoms with van der Waals surface area (Å²) in [7, 11) is -1.93. The van der Waals surface area contributed by atoms with Crippen molar-refractivity contribution in [1.29, 1.82) is 0 Å². The van der Waals surface area contributed by atoms with Gasteiger partial charge in [0.15, 0.2) is 6.61 Å². The minimum Gasteiger partial charge on any atom is -0.484 e. The lowest BCUT2D eigenvalue weighted by Gasteiger charge is -2.11. The fraction of sp³-hybridized carbons (Fsp3) is 0.364. The molecular formula is C22H27N3O4S. The molecule has 0 radical (unpaired) electrons. The van der Waals surface area contributed by atoms with Crippen molar-refractivity contribution in [1.82, 2.24) is 4.90 Å². The number of hydrogen-bond acceptors (Lipinski definition) is 4. The van der Waals surface area contributed by atoms with Crippen molar-refractivity contribution in [2.75, 3.05) is 25.5 Å². The number of hydrogen-bond donors (Lipinski definition) is 1. The first-order valence-corrected chi connectivity index (χ1v) is 11.4. The number of likely N-dealkylation sites (tertiary alicyclic amines) is 1. The molecule has 0 bridgehead atoms. The molecule has 1 fully saturated rings. The van der Waals surface area contributed by atoms with Gasteiger partial charge in [0.05, 0.1) is 4.90 Å². The zero-order chi connectivity index (χ0) is 21.7. The van der Waals surface area contributed by atoms with E-state index in [9.17, 15) is 13.2 Å². The summed E-state index contributed by atoms with van der Waals surface area (Å²) < 4.78 is 34.4. The van der Waals surface area contributed by atoms with Crippen LogP contribution in [0.3, 0.4) is 0 Å². The zero-order valence-corrected chi connectivity index (χ0v) is 18.3. The Hall–Kier alpha value is -2.87. The number of rotatable bonds is 7. The van der Waals surface area contributed by atoms with Gasteiger partial charge in [0.1, 0.15) is 11.6 Å². The van der Waals surface area contributed by atoms with Crippen molar-refractivity contribution < 1.29 is 17.9 Å². The van der Waals surface area contributed by atoms with Crippen LogP contribution in [0, 0.1) is 0 Å². The standard InChI is InChI=1S/C22H27N3O4S/c1-16(2)17-6-10-19(11-7-17)29-15-22(26)23-18-8-12-20(13-9-18)30(27,28)24-21-5-4-14-25(21)3/h6-13,16H,4-5,14-15H2,1-3H3,(H,23,26)/b24-21-. The number of nitrogens with one attached hydrogen (secondary N) is 1. The van der Waals surface area contributed by atoms with Crippen LogP contribution in [0.4, 0.5) is 5.69 Å². The van der Waals surface area contributed by atoms with Gasteiger partial charge in [0, 0.05) is 25.7 Å². The van der Waals surface area contributed by atoms with Gasteiger partial charge < -0.3 is 15.0 Å². The fourth-order valence-electron chi connectivity index (χ4n) is 3.11. The van der Waals surface area contributed by atoms with E-state index in [4.69, 9.17) is 4.74 Å². The monoisotopic (exact) mass is 429 g/mol. The Morgan fingerprint density at radius 3 is 2.37 bits per heavy atom. The average molecular weight is 430 g/mol. The molecule has 1 amide bonds. The van der Waals surface area contributed by atoms with Crippen LogP contribution in [0.5, 0.6) is 5.75 Å². The third-order valence-electron chi connectivity index (χ3n) is 4.91. The number of amides is 1. The minimum absolute atomic E-state index is 0.0924. The zero-order valence-electron chi connectivity index (χ0n) is 17.5. The second kappa shape index (κ2) is 9.30. The van der Waals surface area contributed by atoms with Crippen LogP contribution < -0.4 is 10.1 Å². The summed E-state index contributed by atoms with van der Waals surface area (Å²) >= 11 is 0. The van der Waals surface area contributed by atoms with E-state index in [0.717, 1.165) is 13.0 Å². The summed E-state index contributed by atoms with van der Waals surface area (Å²) in [6, 6.07) is 13.6. The largest absolute Gasteiger partial charge is 0.484 e. The number of sulfonamides is 1.